The topological polar surface area (TPSA) is 115 Å². The van der Waals surface area contributed by atoms with Crippen molar-refractivity contribution >= 4 is 6.09 Å². The summed E-state index contributed by atoms with van der Waals surface area (Å²) in [5.74, 6) is -0.274. The molecule has 1 aliphatic rings. The highest BCUT2D eigenvalue weighted by Gasteiger charge is 2.36. The monoisotopic (exact) mass is 479 g/mol. The van der Waals surface area contributed by atoms with Crippen molar-refractivity contribution in [3.05, 3.63) is 35.0 Å². The number of benzene rings is 1. The molecular weight excluding hydrogens is 455 g/mol. The Balaban J connectivity index is 1.61. The van der Waals surface area contributed by atoms with Crippen molar-refractivity contribution in [3.8, 4) is 28.7 Å². The lowest BCUT2D eigenvalue weighted by atomic mass is 9.76. The van der Waals surface area contributed by atoms with Gasteiger partial charge in [-0.15, -0.1) is 0 Å². The molecule has 4 rings (SSSR count). The molecule has 2 heterocycles. The molecule has 34 heavy (non-hydrogen) atoms. The van der Waals surface area contributed by atoms with Gasteiger partial charge in [-0.2, -0.15) is 23.3 Å². The molecule has 0 saturated carbocycles. The van der Waals surface area contributed by atoms with Crippen molar-refractivity contribution in [1.29, 1.82) is 0 Å². The highest BCUT2D eigenvalue weighted by Crippen LogP contribution is 2.40. The number of fused-ring (bicyclic) bond motifs is 1. The number of carbonyl (C=O) groups is 1. The van der Waals surface area contributed by atoms with E-state index in [2.05, 4.69) is 29.1 Å². The van der Waals surface area contributed by atoms with Crippen molar-refractivity contribution in [2.75, 3.05) is 13.2 Å². The highest BCUT2D eigenvalue weighted by molar-refractivity contribution is 5.64. The van der Waals surface area contributed by atoms with Crippen LogP contribution < -0.4 is 10.1 Å². The minimum Gasteiger partial charge on any atom is -0.491 e. The zero-order chi connectivity index (χ0) is 24.7. The van der Waals surface area contributed by atoms with Crippen LogP contribution in [0.5, 0.6) is 5.75 Å². The normalized spacial score (nSPS) is 15.1. The van der Waals surface area contributed by atoms with Crippen molar-refractivity contribution in [3.63, 3.8) is 0 Å². The number of amides is 1. The maximum absolute atomic E-state index is 13.6. The Labute approximate surface area is 192 Å². The van der Waals surface area contributed by atoms with Gasteiger partial charge < -0.3 is 19.7 Å². The quantitative estimate of drug-likeness (QED) is 0.506. The Morgan fingerprint density at radius 1 is 1.35 bits per heavy atom. The summed E-state index contributed by atoms with van der Waals surface area (Å²) in [6.07, 6.45) is -3.38. The number of nitrogens with one attached hydrogen (secondary N) is 1. The van der Waals surface area contributed by atoms with Crippen molar-refractivity contribution in [1.82, 2.24) is 25.2 Å². The maximum Gasteiger partial charge on any atom is 0.419 e. The molecule has 12 heteroatoms. The lowest BCUT2D eigenvalue weighted by Gasteiger charge is -2.29. The van der Waals surface area contributed by atoms with Gasteiger partial charge in [0.25, 0.3) is 5.89 Å². The molecule has 9 nitrogen and oxygen atoms in total. The van der Waals surface area contributed by atoms with Crippen LogP contribution in [0, 0.1) is 5.41 Å². The molecule has 0 spiro atoms. The molecule has 3 aromatic rings. The number of hydrogen-bond donors (Lipinski definition) is 2. The molecule has 0 atom stereocenters. The molecule has 0 bridgehead atoms. The molecule has 0 saturated heterocycles. The van der Waals surface area contributed by atoms with Gasteiger partial charge in [-0.3, -0.25) is 4.68 Å². The summed E-state index contributed by atoms with van der Waals surface area (Å²) >= 11 is 0. The summed E-state index contributed by atoms with van der Waals surface area (Å²) in [6.45, 7) is 3.97. The maximum atomic E-state index is 13.6. The summed E-state index contributed by atoms with van der Waals surface area (Å²) in [4.78, 5) is 14.8. The second-order valence-electron chi connectivity index (χ2n) is 8.95. The lowest BCUT2D eigenvalue weighted by molar-refractivity contribution is -0.138. The average Bonchev–Trinajstić information content (AvgIpc) is 3.35. The molecule has 2 aromatic heterocycles. The van der Waals surface area contributed by atoms with E-state index in [1.807, 2.05) is 12.4 Å². The minimum atomic E-state index is -4.70. The summed E-state index contributed by atoms with van der Waals surface area (Å²) in [5, 5.41) is 19.0. The average molecular weight is 479 g/mol. The van der Waals surface area contributed by atoms with Crippen LogP contribution in [0.4, 0.5) is 18.0 Å². The lowest BCUT2D eigenvalue weighted by Crippen LogP contribution is -2.26. The predicted octanol–water partition coefficient (Wildman–Crippen LogP) is 4.32. The molecule has 0 fully saturated rings. The molecule has 1 amide bonds. The van der Waals surface area contributed by atoms with Crippen LogP contribution in [0.25, 0.3) is 23.0 Å². The van der Waals surface area contributed by atoms with Gasteiger partial charge in [0.05, 0.1) is 12.1 Å². The SMILES string of the molecule is Cn1nc(-c2nc(-c3ccc(OCCNC(=O)O)c(C(F)(F)F)c3)no2)c2c1CC(C)(C)CC2. The minimum absolute atomic E-state index is 0.00450. The fourth-order valence-electron chi connectivity index (χ4n) is 4.04. The number of halogens is 3. The van der Waals surface area contributed by atoms with E-state index in [0.29, 0.717) is 5.69 Å². The highest BCUT2D eigenvalue weighted by atomic mass is 19.4. The number of alkyl halides is 3. The van der Waals surface area contributed by atoms with Crippen molar-refractivity contribution < 1.29 is 32.3 Å². The summed E-state index contributed by atoms with van der Waals surface area (Å²) < 4.78 is 53.2. The fraction of sp³-hybridized carbons (Fsp3) is 0.455. The molecule has 0 aliphatic heterocycles. The third-order valence-electron chi connectivity index (χ3n) is 5.78. The third-order valence-corrected chi connectivity index (χ3v) is 5.78. The smallest absolute Gasteiger partial charge is 0.419 e. The van der Waals surface area contributed by atoms with E-state index in [9.17, 15) is 18.0 Å². The molecule has 2 N–H and O–H groups in total. The first-order valence-electron chi connectivity index (χ1n) is 10.6. The Morgan fingerprint density at radius 3 is 2.82 bits per heavy atom. The second kappa shape index (κ2) is 8.65. The van der Waals surface area contributed by atoms with Gasteiger partial charge in [-0.1, -0.05) is 19.0 Å². The van der Waals surface area contributed by atoms with E-state index in [0.717, 1.165) is 42.7 Å². The van der Waals surface area contributed by atoms with Crippen LogP contribution >= 0.6 is 0 Å². The number of nitrogens with zero attached hydrogens (tertiary/aromatic N) is 4. The van der Waals surface area contributed by atoms with Gasteiger partial charge in [0, 0.05) is 23.9 Å². The van der Waals surface area contributed by atoms with E-state index in [1.54, 1.807) is 4.68 Å². The molecular formula is C22H24F3N5O4. The van der Waals surface area contributed by atoms with Crippen LogP contribution in [0.3, 0.4) is 0 Å². The first kappa shape index (κ1) is 23.6. The Kier molecular flexibility index (Phi) is 6.00. The van der Waals surface area contributed by atoms with E-state index >= 15 is 0 Å². The first-order valence-corrected chi connectivity index (χ1v) is 10.6. The molecule has 1 aliphatic carbocycles. The number of hydrogen-bond acceptors (Lipinski definition) is 6. The molecule has 0 unspecified atom stereocenters. The Bertz CT molecular complexity index is 1220. The summed E-state index contributed by atoms with van der Waals surface area (Å²) in [7, 11) is 1.85. The van der Waals surface area contributed by atoms with Crippen LogP contribution in [-0.2, 0) is 26.1 Å². The van der Waals surface area contributed by atoms with Gasteiger partial charge in [0.15, 0.2) is 5.69 Å². The number of carboxylic acid groups (broad SMARTS) is 1. The third kappa shape index (κ3) is 4.85. The molecule has 182 valence electrons. The van der Waals surface area contributed by atoms with Gasteiger partial charge in [0.1, 0.15) is 12.4 Å². The zero-order valence-corrected chi connectivity index (χ0v) is 18.9. The van der Waals surface area contributed by atoms with Gasteiger partial charge in [-0.05, 0) is 42.9 Å². The van der Waals surface area contributed by atoms with Gasteiger partial charge >= 0.3 is 12.3 Å². The van der Waals surface area contributed by atoms with E-state index in [-0.39, 0.29) is 35.8 Å². The largest absolute Gasteiger partial charge is 0.491 e. The van der Waals surface area contributed by atoms with Crippen molar-refractivity contribution in [2.24, 2.45) is 12.5 Å². The molecule has 0 radical (unpaired) electrons. The number of rotatable bonds is 6. The number of ether oxygens (including phenoxy) is 1. The van der Waals surface area contributed by atoms with E-state index in [1.165, 1.54) is 6.07 Å². The second-order valence-corrected chi connectivity index (χ2v) is 8.95. The zero-order valence-electron chi connectivity index (χ0n) is 18.9. The molecule has 1 aromatic carbocycles. The first-order chi connectivity index (χ1) is 15.9. The number of aromatic nitrogens is 4. The fourth-order valence-corrected chi connectivity index (χ4v) is 4.04. The predicted molar refractivity (Wildman–Crippen MR) is 114 cm³/mol. The van der Waals surface area contributed by atoms with E-state index < -0.39 is 23.6 Å². The van der Waals surface area contributed by atoms with Gasteiger partial charge in [0.2, 0.25) is 5.82 Å². The summed E-state index contributed by atoms with van der Waals surface area (Å²) in [5.41, 5.74) is 1.89. The Morgan fingerprint density at radius 2 is 2.12 bits per heavy atom. The van der Waals surface area contributed by atoms with Crippen LogP contribution in [0.15, 0.2) is 22.7 Å². The Hall–Kier alpha value is -3.57. The van der Waals surface area contributed by atoms with Crippen LogP contribution in [0.2, 0.25) is 0 Å². The standard InChI is InChI=1S/C22H24F3N5O4/c1-21(2)7-6-13-15(11-21)30(3)28-17(13)19-27-18(29-34-19)12-4-5-16(14(10-12)22(23,24)25)33-9-8-26-20(31)32/h4-5,10,26H,6-9,11H2,1-3H3,(H,31,32). The van der Waals surface area contributed by atoms with Crippen LogP contribution in [-0.4, -0.2) is 44.3 Å². The van der Waals surface area contributed by atoms with Gasteiger partial charge in [-0.25, -0.2) is 4.79 Å². The van der Waals surface area contributed by atoms with Crippen LogP contribution in [0.1, 0.15) is 37.1 Å². The van der Waals surface area contributed by atoms with Crippen molar-refractivity contribution in [2.45, 2.75) is 39.3 Å². The summed E-state index contributed by atoms with van der Waals surface area (Å²) in [6, 6.07) is 3.42. The van der Waals surface area contributed by atoms with E-state index in [4.69, 9.17) is 14.4 Å². The number of aryl methyl sites for hydroxylation is 1.